The number of benzene rings is 1. The molecular weight excluding hydrogens is 290 g/mol. The maximum atomic E-state index is 11.4. The molecule has 21 heavy (non-hydrogen) atoms. The third-order valence-electron chi connectivity index (χ3n) is 2.73. The summed E-state index contributed by atoms with van der Waals surface area (Å²) in [6.07, 6.45) is 0.164. The lowest BCUT2D eigenvalue weighted by Crippen LogP contribution is -2.08. The van der Waals surface area contributed by atoms with Crippen molar-refractivity contribution >= 4 is 29.1 Å². The molecule has 6 heteroatoms. The number of esters is 1. The Bertz CT molecular complexity index is 647. The second-order valence-corrected chi connectivity index (χ2v) is 4.91. The first-order valence-electron chi connectivity index (χ1n) is 6.59. The Morgan fingerprint density at radius 2 is 2.10 bits per heavy atom. The summed E-state index contributed by atoms with van der Waals surface area (Å²) < 4.78 is 4.88. The smallest absolute Gasteiger partial charge is 0.311 e. The summed E-state index contributed by atoms with van der Waals surface area (Å²) in [4.78, 5) is 15.7. The number of nitrogens with one attached hydrogen (secondary N) is 1. The van der Waals surface area contributed by atoms with Crippen molar-refractivity contribution < 1.29 is 9.53 Å². The van der Waals surface area contributed by atoms with E-state index in [1.165, 1.54) is 0 Å². The summed E-state index contributed by atoms with van der Waals surface area (Å²) in [5.41, 5.74) is 2.47. The highest BCUT2D eigenvalue weighted by Gasteiger charge is 2.06. The van der Waals surface area contributed by atoms with Gasteiger partial charge in [0.15, 0.2) is 5.82 Å². The molecule has 0 saturated carbocycles. The summed E-state index contributed by atoms with van der Waals surface area (Å²) in [5.74, 6) is 0.244. The number of hydrogen-bond acceptors (Lipinski definition) is 4. The molecule has 0 amide bonds. The number of aromatic nitrogens is 2. The molecule has 1 aromatic heterocycles. The summed E-state index contributed by atoms with van der Waals surface area (Å²) >= 11 is 5.86. The van der Waals surface area contributed by atoms with E-state index in [9.17, 15) is 4.79 Å². The summed E-state index contributed by atoms with van der Waals surface area (Å²) in [7, 11) is 0. The van der Waals surface area contributed by atoms with Crippen molar-refractivity contribution in [2.75, 3.05) is 6.61 Å². The average Bonchev–Trinajstić information content (AvgIpc) is 2.88. The van der Waals surface area contributed by atoms with Crippen LogP contribution in [0, 0.1) is 0 Å². The maximum absolute atomic E-state index is 11.4. The fourth-order valence-corrected chi connectivity index (χ4v) is 1.93. The highest BCUT2D eigenvalue weighted by atomic mass is 35.5. The van der Waals surface area contributed by atoms with E-state index >= 15 is 0 Å². The molecule has 0 aliphatic carbocycles. The van der Waals surface area contributed by atoms with Crippen LogP contribution in [-0.4, -0.2) is 28.5 Å². The molecule has 0 aliphatic heterocycles. The van der Waals surface area contributed by atoms with Crippen molar-refractivity contribution in [3.8, 4) is 11.3 Å². The van der Waals surface area contributed by atoms with Gasteiger partial charge in [0.1, 0.15) is 0 Å². The van der Waals surface area contributed by atoms with Gasteiger partial charge in [-0.2, -0.15) is 5.10 Å². The van der Waals surface area contributed by atoms with E-state index in [-0.39, 0.29) is 12.4 Å². The first-order valence-corrected chi connectivity index (χ1v) is 6.97. The number of H-pyrrole nitrogens is 1. The molecule has 110 valence electrons. The highest BCUT2D eigenvalue weighted by Crippen LogP contribution is 2.23. The Morgan fingerprint density at radius 3 is 2.76 bits per heavy atom. The second-order valence-electron chi connectivity index (χ2n) is 4.48. The van der Waals surface area contributed by atoms with Gasteiger partial charge >= 0.3 is 5.97 Å². The lowest BCUT2D eigenvalue weighted by atomic mass is 10.1. The first-order chi connectivity index (χ1) is 10.1. The minimum atomic E-state index is -0.285. The van der Waals surface area contributed by atoms with Crippen LogP contribution in [-0.2, 0) is 9.53 Å². The SMILES string of the molecule is CCOC(=O)CC(C)=Nc1cc(-c2ccc(Cl)cc2)[nH]n1. The van der Waals surface area contributed by atoms with Crippen LogP contribution < -0.4 is 0 Å². The summed E-state index contributed by atoms with van der Waals surface area (Å²) in [6, 6.07) is 9.24. The van der Waals surface area contributed by atoms with E-state index in [0.29, 0.717) is 23.2 Å². The van der Waals surface area contributed by atoms with Crippen molar-refractivity contribution in [2.45, 2.75) is 20.3 Å². The average molecular weight is 306 g/mol. The fourth-order valence-electron chi connectivity index (χ4n) is 1.80. The summed E-state index contributed by atoms with van der Waals surface area (Å²) in [6.45, 7) is 3.92. The molecule has 0 bridgehead atoms. The topological polar surface area (TPSA) is 67.3 Å². The first kappa shape index (κ1) is 15.3. The molecule has 5 nitrogen and oxygen atoms in total. The molecule has 0 atom stereocenters. The van der Waals surface area contributed by atoms with Gasteiger partial charge in [0.2, 0.25) is 0 Å². The minimum absolute atomic E-state index is 0.164. The number of halogens is 1. The van der Waals surface area contributed by atoms with Gasteiger partial charge < -0.3 is 4.74 Å². The number of ether oxygens (including phenoxy) is 1. The number of carbonyl (C=O) groups is 1. The molecule has 2 rings (SSSR count). The van der Waals surface area contributed by atoms with Crippen LogP contribution in [0.5, 0.6) is 0 Å². The maximum Gasteiger partial charge on any atom is 0.311 e. The molecule has 1 N–H and O–H groups in total. The van der Waals surface area contributed by atoms with E-state index in [1.54, 1.807) is 13.8 Å². The molecule has 0 radical (unpaired) electrons. The minimum Gasteiger partial charge on any atom is -0.466 e. The van der Waals surface area contributed by atoms with Gasteiger partial charge in [-0.25, -0.2) is 4.99 Å². The van der Waals surface area contributed by atoms with Gasteiger partial charge in [0, 0.05) is 16.8 Å². The largest absolute Gasteiger partial charge is 0.466 e. The van der Waals surface area contributed by atoms with E-state index in [1.807, 2.05) is 30.3 Å². The van der Waals surface area contributed by atoms with Crippen molar-refractivity contribution in [3.63, 3.8) is 0 Å². The molecular formula is C15H16ClN3O2. The van der Waals surface area contributed by atoms with Gasteiger partial charge in [0.05, 0.1) is 18.7 Å². The van der Waals surface area contributed by atoms with E-state index in [0.717, 1.165) is 11.3 Å². The lowest BCUT2D eigenvalue weighted by molar-refractivity contribution is -0.141. The van der Waals surface area contributed by atoms with E-state index < -0.39 is 0 Å². The number of aliphatic imine (C=N–C) groups is 1. The highest BCUT2D eigenvalue weighted by molar-refractivity contribution is 6.30. The van der Waals surface area contributed by atoms with Crippen molar-refractivity contribution in [1.82, 2.24) is 10.2 Å². The second kappa shape index (κ2) is 7.04. The zero-order valence-corrected chi connectivity index (χ0v) is 12.6. The van der Waals surface area contributed by atoms with E-state index in [4.69, 9.17) is 16.3 Å². The van der Waals surface area contributed by atoms with Crippen LogP contribution in [0.4, 0.5) is 5.82 Å². The quantitative estimate of drug-likeness (QED) is 0.675. The number of nitrogens with zero attached hydrogens (tertiary/aromatic N) is 2. The molecule has 0 aliphatic rings. The molecule has 1 aromatic carbocycles. The molecule has 2 aromatic rings. The van der Waals surface area contributed by atoms with Crippen LogP contribution >= 0.6 is 11.6 Å². The van der Waals surface area contributed by atoms with Gasteiger partial charge in [-0.1, -0.05) is 23.7 Å². The monoisotopic (exact) mass is 305 g/mol. The Kier molecular flexibility index (Phi) is 5.11. The predicted octanol–water partition coefficient (Wildman–Crippen LogP) is 3.78. The van der Waals surface area contributed by atoms with Gasteiger partial charge in [-0.15, -0.1) is 0 Å². The number of carbonyl (C=O) groups excluding carboxylic acids is 1. The van der Waals surface area contributed by atoms with Crippen molar-refractivity contribution in [3.05, 3.63) is 35.4 Å². The van der Waals surface area contributed by atoms with Crippen LogP contribution in [0.3, 0.4) is 0 Å². The zero-order chi connectivity index (χ0) is 15.2. The molecule has 0 unspecified atom stereocenters. The Morgan fingerprint density at radius 1 is 1.38 bits per heavy atom. The predicted molar refractivity (Wildman–Crippen MR) is 83.1 cm³/mol. The number of rotatable bonds is 5. The van der Waals surface area contributed by atoms with Crippen LogP contribution in [0.25, 0.3) is 11.3 Å². The fraction of sp³-hybridized carbons (Fsp3) is 0.267. The molecule has 1 heterocycles. The van der Waals surface area contributed by atoms with Crippen LogP contribution in [0.1, 0.15) is 20.3 Å². The van der Waals surface area contributed by atoms with Gasteiger partial charge in [-0.05, 0) is 31.5 Å². The Hall–Kier alpha value is -2.14. The normalized spacial score (nSPS) is 11.5. The third kappa shape index (κ3) is 4.43. The summed E-state index contributed by atoms with van der Waals surface area (Å²) in [5, 5.41) is 7.70. The molecule has 0 saturated heterocycles. The lowest BCUT2D eigenvalue weighted by Gasteiger charge is -2.00. The van der Waals surface area contributed by atoms with Gasteiger partial charge in [0.25, 0.3) is 0 Å². The third-order valence-corrected chi connectivity index (χ3v) is 2.98. The molecule has 0 spiro atoms. The standard InChI is InChI=1S/C15H16ClN3O2/c1-3-21-15(20)8-10(2)17-14-9-13(18-19-14)11-4-6-12(16)7-5-11/h4-7,9H,3,8H2,1-2H3,(H,18,19). The number of aromatic amines is 1. The van der Waals surface area contributed by atoms with Crippen LogP contribution in [0.2, 0.25) is 5.02 Å². The van der Waals surface area contributed by atoms with Gasteiger partial charge in [-0.3, -0.25) is 9.89 Å². The molecule has 0 fully saturated rings. The van der Waals surface area contributed by atoms with Crippen LogP contribution in [0.15, 0.2) is 35.3 Å². The number of hydrogen-bond donors (Lipinski definition) is 1. The Labute approximate surface area is 128 Å². The van der Waals surface area contributed by atoms with E-state index in [2.05, 4.69) is 15.2 Å². The van der Waals surface area contributed by atoms with Crippen molar-refractivity contribution in [2.24, 2.45) is 4.99 Å². The Balaban J connectivity index is 2.09. The van der Waals surface area contributed by atoms with Crippen molar-refractivity contribution in [1.29, 1.82) is 0 Å². The zero-order valence-electron chi connectivity index (χ0n) is 11.9.